The summed E-state index contributed by atoms with van der Waals surface area (Å²) in [5, 5.41) is 0. The molecule has 5 atom stereocenters. The van der Waals surface area contributed by atoms with E-state index in [1.54, 1.807) is 0 Å². The van der Waals surface area contributed by atoms with Crippen molar-refractivity contribution in [1.29, 1.82) is 0 Å². The van der Waals surface area contributed by atoms with Crippen molar-refractivity contribution in [2.45, 2.75) is 46.3 Å². The molecule has 1 rings (SSSR count). The lowest BCUT2D eigenvalue weighted by Crippen LogP contribution is -2.46. The molecule has 0 aromatic rings. The summed E-state index contributed by atoms with van der Waals surface area (Å²) < 4.78 is 30.3. The summed E-state index contributed by atoms with van der Waals surface area (Å²) in [6.07, 6.45) is -3.28. The molecule has 0 aromatic heterocycles. The number of hydrogen-bond acceptors (Lipinski definition) is 1. The third-order valence-corrected chi connectivity index (χ3v) is 3.54. The Morgan fingerprint density at radius 2 is 1.46 bits per heavy atom. The first-order valence-electron chi connectivity index (χ1n) is 4.88. The SMILES string of the molecule is CC1OC(C(F)F)[C@@H](C)[C@H](C)C1C. The van der Waals surface area contributed by atoms with E-state index in [9.17, 15) is 8.78 Å². The van der Waals surface area contributed by atoms with E-state index in [-0.39, 0.29) is 12.0 Å². The average Bonchev–Trinajstić information content (AvgIpc) is 2.07. The highest BCUT2D eigenvalue weighted by atomic mass is 19.3. The summed E-state index contributed by atoms with van der Waals surface area (Å²) in [5.74, 6) is 0.624. The Kier molecular flexibility index (Phi) is 3.28. The number of hydrogen-bond donors (Lipinski definition) is 0. The lowest BCUT2D eigenvalue weighted by atomic mass is 9.77. The summed E-state index contributed by atoms with van der Waals surface area (Å²) in [7, 11) is 0. The summed E-state index contributed by atoms with van der Waals surface area (Å²) in [6.45, 7) is 7.82. The van der Waals surface area contributed by atoms with Gasteiger partial charge in [0.25, 0.3) is 6.43 Å². The van der Waals surface area contributed by atoms with Gasteiger partial charge in [0.2, 0.25) is 0 Å². The van der Waals surface area contributed by atoms with Gasteiger partial charge < -0.3 is 4.74 Å². The highest BCUT2D eigenvalue weighted by Gasteiger charge is 2.41. The van der Waals surface area contributed by atoms with Crippen molar-refractivity contribution in [3.05, 3.63) is 0 Å². The van der Waals surface area contributed by atoms with E-state index in [1.807, 2.05) is 20.8 Å². The van der Waals surface area contributed by atoms with Crippen molar-refractivity contribution in [1.82, 2.24) is 0 Å². The molecule has 0 bridgehead atoms. The van der Waals surface area contributed by atoms with Crippen LogP contribution in [0.3, 0.4) is 0 Å². The van der Waals surface area contributed by atoms with Crippen LogP contribution in [0, 0.1) is 17.8 Å². The topological polar surface area (TPSA) is 9.23 Å². The zero-order valence-electron chi connectivity index (χ0n) is 8.63. The van der Waals surface area contributed by atoms with Crippen LogP contribution in [0.5, 0.6) is 0 Å². The Bertz CT molecular complexity index is 172. The molecule has 1 aliphatic rings. The Morgan fingerprint density at radius 3 is 1.92 bits per heavy atom. The smallest absolute Gasteiger partial charge is 0.264 e. The summed E-state index contributed by atoms with van der Waals surface area (Å²) in [5.41, 5.74) is 0. The molecule has 0 aliphatic carbocycles. The van der Waals surface area contributed by atoms with Gasteiger partial charge in [-0.25, -0.2) is 8.78 Å². The quantitative estimate of drug-likeness (QED) is 0.620. The Hall–Kier alpha value is -0.180. The maximum absolute atomic E-state index is 12.5. The molecule has 1 heterocycles. The third-order valence-electron chi connectivity index (χ3n) is 3.54. The van der Waals surface area contributed by atoms with Gasteiger partial charge in [0.15, 0.2) is 0 Å². The maximum atomic E-state index is 12.5. The molecule has 0 spiro atoms. The van der Waals surface area contributed by atoms with E-state index >= 15 is 0 Å². The molecular formula is C10H18F2O. The van der Waals surface area contributed by atoms with Crippen LogP contribution >= 0.6 is 0 Å². The van der Waals surface area contributed by atoms with Crippen molar-refractivity contribution in [2.24, 2.45) is 17.8 Å². The lowest BCUT2D eigenvalue weighted by Gasteiger charge is -2.42. The van der Waals surface area contributed by atoms with Crippen LogP contribution in [0.15, 0.2) is 0 Å². The fraction of sp³-hybridized carbons (Fsp3) is 1.00. The number of rotatable bonds is 1. The molecule has 0 radical (unpaired) electrons. The molecule has 3 unspecified atom stereocenters. The lowest BCUT2D eigenvalue weighted by molar-refractivity contribution is -0.175. The normalized spacial score (nSPS) is 46.8. The van der Waals surface area contributed by atoms with Crippen LogP contribution in [0.1, 0.15) is 27.7 Å². The first-order chi connectivity index (χ1) is 5.95. The van der Waals surface area contributed by atoms with E-state index in [0.29, 0.717) is 11.8 Å². The summed E-state index contributed by atoms with van der Waals surface area (Å²) in [6, 6.07) is 0. The second-order valence-electron chi connectivity index (χ2n) is 4.22. The molecule has 1 fully saturated rings. The van der Waals surface area contributed by atoms with Crippen LogP contribution in [-0.2, 0) is 4.74 Å². The first-order valence-corrected chi connectivity index (χ1v) is 4.88. The Labute approximate surface area is 78.5 Å². The number of ether oxygens (including phenoxy) is 1. The molecular weight excluding hydrogens is 174 g/mol. The number of alkyl halides is 2. The molecule has 1 aliphatic heterocycles. The van der Waals surface area contributed by atoms with Gasteiger partial charge >= 0.3 is 0 Å². The van der Waals surface area contributed by atoms with Gasteiger partial charge in [0.05, 0.1) is 6.10 Å². The molecule has 0 N–H and O–H groups in total. The van der Waals surface area contributed by atoms with Gasteiger partial charge in [-0.15, -0.1) is 0 Å². The highest BCUT2D eigenvalue weighted by molar-refractivity contribution is 4.85. The fourth-order valence-electron chi connectivity index (χ4n) is 1.99. The van der Waals surface area contributed by atoms with Crippen LogP contribution < -0.4 is 0 Å². The molecule has 0 amide bonds. The van der Waals surface area contributed by atoms with Crippen molar-refractivity contribution >= 4 is 0 Å². The predicted molar refractivity (Wildman–Crippen MR) is 47.8 cm³/mol. The minimum Gasteiger partial charge on any atom is -0.369 e. The van der Waals surface area contributed by atoms with Gasteiger partial charge in [-0.05, 0) is 24.7 Å². The van der Waals surface area contributed by atoms with Crippen LogP contribution in [0.2, 0.25) is 0 Å². The van der Waals surface area contributed by atoms with Gasteiger partial charge in [-0.2, -0.15) is 0 Å². The number of halogens is 2. The summed E-state index contributed by atoms with van der Waals surface area (Å²) >= 11 is 0. The van der Waals surface area contributed by atoms with Gasteiger partial charge in [0, 0.05) is 0 Å². The van der Waals surface area contributed by atoms with Gasteiger partial charge in [0.1, 0.15) is 6.10 Å². The molecule has 3 heteroatoms. The fourth-order valence-corrected chi connectivity index (χ4v) is 1.99. The Morgan fingerprint density at radius 1 is 0.923 bits per heavy atom. The Balaban J connectivity index is 2.70. The highest BCUT2D eigenvalue weighted by Crippen LogP contribution is 2.36. The van der Waals surface area contributed by atoms with E-state index in [0.717, 1.165) is 0 Å². The van der Waals surface area contributed by atoms with Crippen molar-refractivity contribution in [3.63, 3.8) is 0 Å². The first kappa shape index (κ1) is 10.9. The van der Waals surface area contributed by atoms with Crippen molar-refractivity contribution in [2.75, 3.05) is 0 Å². The van der Waals surface area contributed by atoms with Gasteiger partial charge in [-0.1, -0.05) is 20.8 Å². The summed E-state index contributed by atoms with van der Waals surface area (Å²) in [4.78, 5) is 0. The molecule has 1 saturated heterocycles. The monoisotopic (exact) mass is 192 g/mol. The maximum Gasteiger partial charge on any atom is 0.264 e. The van der Waals surface area contributed by atoms with Crippen molar-refractivity contribution in [3.8, 4) is 0 Å². The third kappa shape index (κ3) is 2.01. The molecule has 13 heavy (non-hydrogen) atoms. The zero-order chi connectivity index (χ0) is 10.2. The largest absolute Gasteiger partial charge is 0.369 e. The zero-order valence-corrected chi connectivity index (χ0v) is 8.63. The minimum absolute atomic E-state index is 0.0498. The second-order valence-corrected chi connectivity index (χ2v) is 4.22. The second kappa shape index (κ2) is 3.91. The predicted octanol–water partition coefficient (Wildman–Crippen LogP) is 2.95. The van der Waals surface area contributed by atoms with Crippen LogP contribution in [-0.4, -0.2) is 18.6 Å². The van der Waals surface area contributed by atoms with E-state index in [1.165, 1.54) is 0 Å². The molecule has 78 valence electrons. The molecule has 0 saturated carbocycles. The average molecular weight is 192 g/mol. The van der Waals surface area contributed by atoms with Crippen LogP contribution in [0.4, 0.5) is 8.78 Å². The molecule has 1 nitrogen and oxygen atoms in total. The molecule has 0 aromatic carbocycles. The van der Waals surface area contributed by atoms with E-state index < -0.39 is 12.5 Å². The standard InChI is InChI=1S/C10H18F2O/c1-5-6(2)8(4)13-9(7(5)3)10(11)12/h5-10H,1-4H3/t5-,6?,7+,8?,9?/m1/s1. The van der Waals surface area contributed by atoms with E-state index in [2.05, 4.69) is 6.92 Å². The van der Waals surface area contributed by atoms with Crippen molar-refractivity contribution < 1.29 is 13.5 Å². The van der Waals surface area contributed by atoms with E-state index in [4.69, 9.17) is 4.74 Å². The minimum atomic E-state index is -2.35. The van der Waals surface area contributed by atoms with Crippen LogP contribution in [0.25, 0.3) is 0 Å². The van der Waals surface area contributed by atoms with Gasteiger partial charge in [-0.3, -0.25) is 0 Å².